The lowest BCUT2D eigenvalue weighted by molar-refractivity contribution is 0.627. The summed E-state index contributed by atoms with van der Waals surface area (Å²) in [7, 11) is 0. The van der Waals surface area contributed by atoms with Crippen LogP contribution in [-0.4, -0.2) is 21.0 Å². The molecule has 0 aliphatic heterocycles. The van der Waals surface area contributed by atoms with Gasteiger partial charge in [0.25, 0.3) is 0 Å². The molecule has 2 aromatic rings. The van der Waals surface area contributed by atoms with Gasteiger partial charge in [0.1, 0.15) is 0 Å². The molecule has 0 spiro atoms. The number of rotatable bonds is 7. The van der Waals surface area contributed by atoms with Crippen LogP contribution in [0.25, 0.3) is 0 Å². The van der Waals surface area contributed by atoms with E-state index in [9.17, 15) is 0 Å². The number of aryl methyl sites for hydroxylation is 1. The topological polar surface area (TPSA) is 76.7 Å². The molecular formula is C14H20ClN5S. The average Bonchev–Trinajstić information content (AvgIpc) is 2.96. The van der Waals surface area contributed by atoms with Crippen molar-refractivity contribution < 1.29 is 0 Å². The molecule has 1 unspecified atom stereocenters. The highest BCUT2D eigenvalue weighted by atomic mass is 35.5. The zero-order valence-corrected chi connectivity index (χ0v) is 13.8. The molecule has 0 fully saturated rings. The normalized spacial score (nSPS) is 13.9. The quantitative estimate of drug-likeness (QED) is 0.760. The summed E-state index contributed by atoms with van der Waals surface area (Å²) >= 11 is 7.74. The fraction of sp³-hybridized carbons (Fsp3) is 0.500. The standard InChI is InChI=1S/C14H20ClN5S/c1-3-11(5-4-10-6-7-21-8-10)17-14-19-12(9(2)15)18-13(16)20-14/h6-9,11H,3-5H2,1-2H3,(H3,16,17,18,19,20)/t9-,11?/m0/s1. The molecule has 2 rings (SSSR count). The highest BCUT2D eigenvalue weighted by molar-refractivity contribution is 7.07. The monoisotopic (exact) mass is 325 g/mol. The first-order valence-electron chi connectivity index (χ1n) is 7.01. The van der Waals surface area contributed by atoms with Crippen molar-refractivity contribution in [2.45, 2.75) is 44.5 Å². The number of hydrogen-bond acceptors (Lipinski definition) is 6. The molecule has 0 aromatic carbocycles. The minimum Gasteiger partial charge on any atom is -0.368 e. The van der Waals surface area contributed by atoms with E-state index >= 15 is 0 Å². The van der Waals surface area contributed by atoms with Crippen molar-refractivity contribution in [2.24, 2.45) is 0 Å². The third-order valence-electron chi connectivity index (χ3n) is 3.21. The smallest absolute Gasteiger partial charge is 0.228 e. The molecule has 7 heteroatoms. The van der Waals surface area contributed by atoms with E-state index in [0.717, 1.165) is 19.3 Å². The highest BCUT2D eigenvalue weighted by Gasteiger charge is 2.13. The third kappa shape index (κ3) is 4.82. The van der Waals surface area contributed by atoms with Gasteiger partial charge in [-0.2, -0.15) is 26.3 Å². The molecule has 0 bridgehead atoms. The number of aromatic nitrogens is 3. The molecule has 0 aliphatic carbocycles. The van der Waals surface area contributed by atoms with E-state index in [1.54, 1.807) is 11.3 Å². The van der Waals surface area contributed by atoms with Crippen LogP contribution < -0.4 is 11.1 Å². The van der Waals surface area contributed by atoms with Gasteiger partial charge in [-0.25, -0.2) is 0 Å². The zero-order valence-electron chi connectivity index (χ0n) is 12.2. The molecule has 0 amide bonds. The van der Waals surface area contributed by atoms with E-state index in [-0.39, 0.29) is 11.3 Å². The Bertz CT molecular complexity index is 558. The molecular weight excluding hydrogens is 306 g/mol. The third-order valence-corrected chi connectivity index (χ3v) is 4.14. The number of nitrogen functional groups attached to an aromatic ring is 1. The number of nitrogens with zero attached hydrogens (tertiary/aromatic N) is 3. The van der Waals surface area contributed by atoms with Crippen LogP contribution in [0, 0.1) is 0 Å². The number of hydrogen-bond donors (Lipinski definition) is 2. The molecule has 21 heavy (non-hydrogen) atoms. The second kappa shape index (κ2) is 7.56. The minimum atomic E-state index is -0.290. The summed E-state index contributed by atoms with van der Waals surface area (Å²) in [5.74, 6) is 1.20. The van der Waals surface area contributed by atoms with Gasteiger partial charge in [-0.1, -0.05) is 6.92 Å². The van der Waals surface area contributed by atoms with E-state index in [1.807, 2.05) is 6.92 Å². The molecule has 0 saturated heterocycles. The number of alkyl halides is 1. The van der Waals surface area contributed by atoms with Crippen molar-refractivity contribution in [1.82, 2.24) is 15.0 Å². The van der Waals surface area contributed by atoms with E-state index < -0.39 is 0 Å². The van der Waals surface area contributed by atoms with E-state index in [2.05, 4.69) is 44.0 Å². The lowest BCUT2D eigenvalue weighted by Gasteiger charge is -2.17. The van der Waals surface area contributed by atoms with Gasteiger partial charge in [0, 0.05) is 6.04 Å². The first-order valence-corrected chi connectivity index (χ1v) is 8.39. The van der Waals surface area contributed by atoms with Crippen molar-refractivity contribution in [2.75, 3.05) is 11.1 Å². The van der Waals surface area contributed by atoms with Gasteiger partial charge in [0.05, 0.1) is 5.38 Å². The number of anilines is 2. The molecule has 2 aromatic heterocycles. The first kappa shape index (κ1) is 16.0. The Morgan fingerprint density at radius 3 is 2.81 bits per heavy atom. The molecule has 0 saturated carbocycles. The van der Waals surface area contributed by atoms with Crippen LogP contribution in [0.1, 0.15) is 43.5 Å². The molecule has 2 heterocycles. The molecule has 5 nitrogen and oxygen atoms in total. The second-order valence-corrected chi connectivity index (χ2v) is 6.35. The maximum absolute atomic E-state index is 6.01. The Balaban J connectivity index is 2.00. The van der Waals surface area contributed by atoms with Crippen molar-refractivity contribution >= 4 is 34.8 Å². The molecule has 2 atom stereocenters. The van der Waals surface area contributed by atoms with Crippen LogP contribution in [0.4, 0.5) is 11.9 Å². The predicted octanol–water partition coefficient (Wildman–Crippen LogP) is 3.64. The van der Waals surface area contributed by atoms with Crippen LogP contribution in [-0.2, 0) is 6.42 Å². The second-order valence-electron chi connectivity index (χ2n) is 4.91. The maximum Gasteiger partial charge on any atom is 0.228 e. The maximum atomic E-state index is 6.01. The molecule has 0 radical (unpaired) electrons. The van der Waals surface area contributed by atoms with Gasteiger partial charge < -0.3 is 11.1 Å². The summed E-state index contributed by atoms with van der Waals surface area (Å²) < 4.78 is 0. The molecule has 3 N–H and O–H groups in total. The van der Waals surface area contributed by atoms with Crippen molar-refractivity contribution in [3.05, 3.63) is 28.2 Å². The van der Waals surface area contributed by atoms with Gasteiger partial charge in [-0.05, 0) is 48.6 Å². The van der Waals surface area contributed by atoms with Crippen LogP contribution in [0.15, 0.2) is 16.8 Å². The van der Waals surface area contributed by atoms with Gasteiger partial charge in [0.2, 0.25) is 11.9 Å². The number of halogens is 1. The lowest BCUT2D eigenvalue weighted by Crippen LogP contribution is -2.22. The Hall–Kier alpha value is -1.40. The minimum absolute atomic E-state index is 0.197. The van der Waals surface area contributed by atoms with Crippen molar-refractivity contribution in [3.63, 3.8) is 0 Å². The Morgan fingerprint density at radius 2 is 2.19 bits per heavy atom. The van der Waals surface area contributed by atoms with Gasteiger partial charge >= 0.3 is 0 Å². The van der Waals surface area contributed by atoms with Crippen molar-refractivity contribution in [3.8, 4) is 0 Å². The van der Waals surface area contributed by atoms with Crippen molar-refractivity contribution in [1.29, 1.82) is 0 Å². The predicted molar refractivity (Wildman–Crippen MR) is 88.8 cm³/mol. The van der Waals surface area contributed by atoms with E-state index in [1.165, 1.54) is 5.56 Å². The largest absolute Gasteiger partial charge is 0.368 e. The van der Waals surface area contributed by atoms with Crippen LogP contribution in [0.3, 0.4) is 0 Å². The Morgan fingerprint density at radius 1 is 1.38 bits per heavy atom. The summed E-state index contributed by atoms with van der Waals surface area (Å²) in [6.07, 6.45) is 3.04. The Labute approximate surface area is 134 Å². The Kier molecular flexibility index (Phi) is 5.76. The fourth-order valence-corrected chi connectivity index (χ4v) is 2.79. The number of thiophene rings is 1. The summed E-state index contributed by atoms with van der Waals surface area (Å²) in [6.45, 7) is 3.95. The SMILES string of the molecule is CCC(CCc1ccsc1)Nc1nc(N)nc([C@H](C)Cl)n1. The van der Waals surface area contributed by atoms with Crippen LogP contribution in [0.2, 0.25) is 0 Å². The fourth-order valence-electron chi connectivity index (χ4n) is 1.99. The zero-order chi connectivity index (χ0) is 15.2. The lowest BCUT2D eigenvalue weighted by atomic mass is 10.1. The highest BCUT2D eigenvalue weighted by Crippen LogP contribution is 2.18. The van der Waals surface area contributed by atoms with E-state index in [4.69, 9.17) is 17.3 Å². The summed E-state index contributed by atoms with van der Waals surface area (Å²) in [4.78, 5) is 12.5. The first-order chi connectivity index (χ1) is 10.1. The summed E-state index contributed by atoms with van der Waals surface area (Å²) in [6, 6.07) is 2.45. The number of nitrogens with one attached hydrogen (secondary N) is 1. The van der Waals surface area contributed by atoms with E-state index in [0.29, 0.717) is 17.8 Å². The van der Waals surface area contributed by atoms with Gasteiger partial charge in [0.15, 0.2) is 5.82 Å². The van der Waals surface area contributed by atoms with Crippen LogP contribution in [0.5, 0.6) is 0 Å². The summed E-state index contributed by atoms with van der Waals surface area (Å²) in [5, 5.41) is 7.32. The van der Waals surface area contributed by atoms with Crippen LogP contribution >= 0.6 is 22.9 Å². The number of nitrogens with two attached hydrogens (primary N) is 1. The van der Waals surface area contributed by atoms with Gasteiger partial charge in [-0.3, -0.25) is 0 Å². The molecule has 0 aliphatic rings. The average molecular weight is 326 g/mol. The molecule has 114 valence electrons. The summed E-state index contributed by atoms with van der Waals surface area (Å²) in [5.41, 5.74) is 7.07. The van der Waals surface area contributed by atoms with Gasteiger partial charge in [-0.15, -0.1) is 11.6 Å².